The Morgan fingerprint density at radius 1 is 1.27 bits per heavy atom. The van der Waals surface area contributed by atoms with Gasteiger partial charge < -0.3 is 9.84 Å². The number of benzene rings is 1. The van der Waals surface area contributed by atoms with Crippen molar-refractivity contribution >= 4 is 23.5 Å². The van der Waals surface area contributed by atoms with Gasteiger partial charge in [0, 0.05) is 6.20 Å². The Morgan fingerprint density at radius 2 is 2.00 bits per heavy atom. The van der Waals surface area contributed by atoms with E-state index in [1.807, 2.05) is 0 Å². The zero-order valence-electron chi connectivity index (χ0n) is 15.7. The van der Waals surface area contributed by atoms with Gasteiger partial charge in [0.25, 0.3) is 0 Å². The van der Waals surface area contributed by atoms with Crippen molar-refractivity contribution in [2.24, 2.45) is 0 Å². The number of rotatable bonds is 5. The highest BCUT2D eigenvalue weighted by atomic mass is 35.5. The molecule has 1 N–H and O–H groups in total. The van der Waals surface area contributed by atoms with E-state index in [9.17, 15) is 23.1 Å². The van der Waals surface area contributed by atoms with Crippen LogP contribution in [0.3, 0.4) is 0 Å². The molecule has 156 valence electrons. The van der Waals surface area contributed by atoms with Crippen molar-refractivity contribution in [3.8, 4) is 17.3 Å². The normalized spacial score (nSPS) is 11.8. The van der Waals surface area contributed by atoms with Gasteiger partial charge in [0.2, 0.25) is 0 Å². The number of halogens is 4. The summed E-state index contributed by atoms with van der Waals surface area (Å²) >= 11 is 5.93. The van der Waals surface area contributed by atoms with Crippen molar-refractivity contribution in [3.05, 3.63) is 70.1 Å². The summed E-state index contributed by atoms with van der Waals surface area (Å²) in [6.07, 6.45) is 0.308. The fourth-order valence-electron chi connectivity index (χ4n) is 2.67. The molecule has 30 heavy (non-hydrogen) atoms. The van der Waals surface area contributed by atoms with Crippen molar-refractivity contribution < 1.29 is 27.8 Å². The third-order valence-corrected chi connectivity index (χ3v) is 4.55. The molecule has 0 fully saturated rings. The number of methoxy groups -OCH3 is 1. The number of carbonyl (C=O) groups excluding carboxylic acids is 1. The Balaban J connectivity index is 1.84. The van der Waals surface area contributed by atoms with Crippen LogP contribution in [0.1, 0.15) is 27.2 Å². The lowest BCUT2D eigenvalue weighted by atomic mass is 10.1. The Hall–Kier alpha value is -3.33. The van der Waals surface area contributed by atoms with Crippen LogP contribution in [0, 0.1) is 6.92 Å². The molecule has 0 atom stereocenters. The number of phenols is 1. The number of aromatic hydroxyl groups is 1. The molecule has 3 aromatic rings. The van der Waals surface area contributed by atoms with Gasteiger partial charge in [-0.2, -0.15) is 18.3 Å². The molecule has 0 bridgehead atoms. The maximum atomic E-state index is 12.7. The lowest BCUT2D eigenvalue weighted by molar-refractivity contribution is -0.137. The van der Waals surface area contributed by atoms with Crippen LogP contribution in [0.4, 0.5) is 13.2 Å². The Morgan fingerprint density at radius 3 is 2.60 bits per heavy atom. The molecule has 0 radical (unpaired) electrons. The minimum Gasteiger partial charge on any atom is -0.503 e. The number of pyridine rings is 1. The lowest BCUT2D eigenvalue weighted by Gasteiger charge is -2.08. The first kappa shape index (κ1) is 21.4. The van der Waals surface area contributed by atoms with Gasteiger partial charge in [-0.25, -0.2) is 9.67 Å². The van der Waals surface area contributed by atoms with Gasteiger partial charge in [-0.3, -0.25) is 4.79 Å². The van der Waals surface area contributed by atoms with E-state index < -0.39 is 11.7 Å². The number of aromatic nitrogens is 3. The number of phenolic OH excluding ortho intramolecular Hbond substituents is 1. The van der Waals surface area contributed by atoms with Gasteiger partial charge in [0.15, 0.2) is 23.1 Å². The van der Waals surface area contributed by atoms with E-state index in [2.05, 4.69) is 10.1 Å². The van der Waals surface area contributed by atoms with Gasteiger partial charge in [-0.15, -0.1) is 0 Å². The second kappa shape index (κ2) is 8.19. The summed E-state index contributed by atoms with van der Waals surface area (Å²) < 4.78 is 44.4. The van der Waals surface area contributed by atoms with Crippen molar-refractivity contribution in [1.82, 2.24) is 14.8 Å². The monoisotopic (exact) mass is 437 g/mol. The van der Waals surface area contributed by atoms with Crippen molar-refractivity contribution in [3.63, 3.8) is 0 Å². The van der Waals surface area contributed by atoms with Crippen LogP contribution in [-0.2, 0) is 6.18 Å². The highest BCUT2D eigenvalue weighted by Gasteiger charge is 2.30. The molecule has 0 aliphatic rings. The maximum absolute atomic E-state index is 12.7. The fraction of sp³-hybridized carbons (Fsp3) is 0.150. The van der Waals surface area contributed by atoms with Crippen molar-refractivity contribution in [2.75, 3.05) is 7.11 Å². The van der Waals surface area contributed by atoms with Crippen LogP contribution < -0.4 is 4.74 Å². The minimum atomic E-state index is -4.49. The van der Waals surface area contributed by atoms with E-state index in [0.29, 0.717) is 17.5 Å². The highest BCUT2D eigenvalue weighted by Crippen LogP contribution is 2.35. The zero-order valence-corrected chi connectivity index (χ0v) is 16.5. The number of carbonyl (C=O) groups is 1. The van der Waals surface area contributed by atoms with Gasteiger partial charge in [-0.05, 0) is 42.8 Å². The van der Waals surface area contributed by atoms with E-state index in [1.165, 1.54) is 48.3 Å². The predicted octanol–water partition coefficient (Wildman–Crippen LogP) is 4.86. The van der Waals surface area contributed by atoms with Crippen LogP contribution >= 0.6 is 11.6 Å². The quantitative estimate of drug-likeness (QED) is 0.455. The fourth-order valence-corrected chi connectivity index (χ4v) is 2.89. The van der Waals surface area contributed by atoms with Gasteiger partial charge in [0.1, 0.15) is 0 Å². The molecule has 0 saturated carbocycles. The van der Waals surface area contributed by atoms with Crippen molar-refractivity contribution in [2.45, 2.75) is 13.1 Å². The van der Waals surface area contributed by atoms with Gasteiger partial charge in [0.05, 0.1) is 35.2 Å². The van der Waals surface area contributed by atoms with Crippen LogP contribution in [0.2, 0.25) is 5.02 Å². The van der Waals surface area contributed by atoms with Crippen LogP contribution in [0.5, 0.6) is 11.5 Å². The Kier molecular flexibility index (Phi) is 5.84. The number of ketones is 1. The number of allylic oxidation sites excluding steroid dienone is 1. The summed E-state index contributed by atoms with van der Waals surface area (Å²) in [7, 11) is 1.37. The third-order valence-electron chi connectivity index (χ3n) is 4.27. The summed E-state index contributed by atoms with van der Waals surface area (Å²) in [6, 6.07) is 5.05. The molecule has 2 heterocycles. The van der Waals surface area contributed by atoms with Crippen LogP contribution in [-0.4, -0.2) is 32.8 Å². The molecule has 0 aliphatic heterocycles. The maximum Gasteiger partial charge on any atom is 0.417 e. The van der Waals surface area contributed by atoms with Gasteiger partial charge >= 0.3 is 6.18 Å². The molecule has 1 aromatic carbocycles. The number of nitrogens with zero attached hydrogens (tertiary/aromatic N) is 3. The summed E-state index contributed by atoms with van der Waals surface area (Å²) in [4.78, 5) is 16.3. The molecular formula is C20H15ClF3N3O3. The minimum absolute atomic E-state index is 0.0684. The van der Waals surface area contributed by atoms with E-state index in [4.69, 9.17) is 16.3 Å². The second-order valence-corrected chi connectivity index (χ2v) is 6.62. The number of hydrogen-bond acceptors (Lipinski definition) is 5. The standard InChI is InChI=1S/C20H15ClF3N3O3/c1-11-14(10-26-27(11)18-6-4-13(9-25-18)20(22,23)24)16(28)5-3-12-7-15(21)19(29)17(8-12)30-2/h3-10,29H,1-2H3. The Bertz CT molecular complexity index is 1120. The smallest absolute Gasteiger partial charge is 0.417 e. The largest absolute Gasteiger partial charge is 0.503 e. The molecule has 0 spiro atoms. The molecule has 0 saturated heterocycles. The molecule has 0 amide bonds. The zero-order chi connectivity index (χ0) is 22.1. The third kappa shape index (κ3) is 4.30. The topological polar surface area (TPSA) is 77.2 Å². The lowest BCUT2D eigenvalue weighted by Crippen LogP contribution is -2.08. The van der Waals surface area contributed by atoms with Crippen molar-refractivity contribution in [1.29, 1.82) is 0 Å². The number of alkyl halides is 3. The van der Waals surface area contributed by atoms with Gasteiger partial charge in [-0.1, -0.05) is 17.7 Å². The molecule has 3 rings (SSSR count). The molecule has 2 aromatic heterocycles. The molecular weight excluding hydrogens is 423 g/mol. The average Bonchev–Trinajstić information content (AvgIpc) is 3.09. The summed E-state index contributed by atoms with van der Waals surface area (Å²) in [5.74, 6) is -0.275. The molecule has 6 nitrogen and oxygen atoms in total. The van der Waals surface area contributed by atoms with E-state index >= 15 is 0 Å². The van der Waals surface area contributed by atoms with Crippen LogP contribution in [0.25, 0.3) is 11.9 Å². The number of hydrogen-bond donors (Lipinski definition) is 1. The molecule has 0 aliphatic carbocycles. The number of ether oxygens (including phenoxy) is 1. The summed E-state index contributed by atoms with van der Waals surface area (Å²) in [5, 5.41) is 13.9. The molecule has 10 heteroatoms. The summed E-state index contributed by atoms with van der Waals surface area (Å²) in [5.41, 5.74) is 0.318. The first-order chi connectivity index (χ1) is 14.1. The SMILES string of the molecule is COc1cc(C=CC(=O)c2cnn(-c3ccc(C(F)(F)F)cn3)c2C)cc(Cl)c1O. The average molecular weight is 438 g/mol. The molecule has 0 unspecified atom stereocenters. The first-order valence-electron chi connectivity index (χ1n) is 8.49. The van der Waals surface area contributed by atoms with E-state index in [-0.39, 0.29) is 33.7 Å². The van der Waals surface area contributed by atoms with E-state index in [1.54, 1.807) is 6.92 Å². The highest BCUT2D eigenvalue weighted by molar-refractivity contribution is 6.32. The summed E-state index contributed by atoms with van der Waals surface area (Å²) in [6.45, 7) is 1.61. The predicted molar refractivity (Wildman–Crippen MR) is 104 cm³/mol. The second-order valence-electron chi connectivity index (χ2n) is 6.21. The first-order valence-corrected chi connectivity index (χ1v) is 8.86. The van der Waals surface area contributed by atoms with Crippen LogP contribution in [0.15, 0.2) is 42.7 Å². The van der Waals surface area contributed by atoms with E-state index in [0.717, 1.165) is 6.07 Å². The Labute approximate surface area is 174 Å².